The zero-order chi connectivity index (χ0) is 20.1. The number of nitrogens with zero attached hydrogens (tertiary/aromatic N) is 1. The van der Waals surface area contributed by atoms with Gasteiger partial charge in [0.1, 0.15) is 28.7 Å². The molecule has 2 N–H and O–H groups in total. The highest BCUT2D eigenvalue weighted by Crippen LogP contribution is 2.24. The van der Waals surface area contributed by atoms with Crippen LogP contribution in [0.2, 0.25) is 0 Å². The maximum atomic E-state index is 12.5. The molecule has 0 spiro atoms. The van der Waals surface area contributed by atoms with E-state index in [2.05, 4.69) is 15.6 Å². The number of hydrogen-bond donors (Lipinski definition) is 2. The van der Waals surface area contributed by atoms with Gasteiger partial charge in [0.2, 0.25) is 0 Å². The van der Waals surface area contributed by atoms with Gasteiger partial charge in [0.25, 0.3) is 11.8 Å². The molecule has 146 valence electrons. The predicted molar refractivity (Wildman–Crippen MR) is 104 cm³/mol. The Hall–Kier alpha value is -3.33. The molecule has 2 aromatic heterocycles. The summed E-state index contributed by atoms with van der Waals surface area (Å²) in [5.41, 5.74) is 0.567. The highest BCUT2D eigenvalue weighted by Gasteiger charge is 2.15. The number of thiazole rings is 1. The minimum atomic E-state index is -0.385. The largest absolute Gasteiger partial charge is 0.497 e. The fourth-order valence-corrected chi connectivity index (χ4v) is 3.07. The number of aryl methyl sites for hydroxylation is 1. The number of benzene rings is 1. The van der Waals surface area contributed by atoms with Gasteiger partial charge >= 0.3 is 0 Å². The molecular formula is C19H19N3O5S. The van der Waals surface area contributed by atoms with Gasteiger partial charge in [-0.25, -0.2) is 4.98 Å². The van der Waals surface area contributed by atoms with Crippen LogP contribution in [0.3, 0.4) is 0 Å². The van der Waals surface area contributed by atoms with E-state index in [0.717, 1.165) is 17.1 Å². The van der Waals surface area contributed by atoms with Crippen molar-refractivity contribution < 1.29 is 23.5 Å². The summed E-state index contributed by atoms with van der Waals surface area (Å²) in [5.74, 6) is 1.69. The number of anilines is 1. The lowest BCUT2D eigenvalue weighted by Gasteiger charge is -2.08. The molecule has 2 amide bonds. The number of hydrogen-bond acceptors (Lipinski definition) is 7. The van der Waals surface area contributed by atoms with Gasteiger partial charge in [-0.1, -0.05) is 0 Å². The Bertz CT molecular complexity index is 973. The van der Waals surface area contributed by atoms with Crippen molar-refractivity contribution in [3.8, 4) is 11.5 Å². The van der Waals surface area contributed by atoms with Crippen LogP contribution in [0, 0.1) is 6.92 Å². The molecule has 3 aromatic rings. The first-order valence-electron chi connectivity index (χ1n) is 8.32. The van der Waals surface area contributed by atoms with E-state index in [4.69, 9.17) is 13.9 Å². The van der Waals surface area contributed by atoms with E-state index in [0.29, 0.717) is 28.0 Å². The fourth-order valence-electron chi connectivity index (χ4n) is 2.38. The lowest BCUT2D eigenvalue weighted by atomic mass is 10.2. The van der Waals surface area contributed by atoms with Crippen LogP contribution in [0.4, 0.5) is 5.13 Å². The van der Waals surface area contributed by atoms with Gasteiger partial charge in [0.15, 0.2) is 5.13 Å². The Labute approximate surface area is 165 Å². The first-order chi connectivity index (χ1) is 13.5. The zero-order valence-electron chi connectivity index (χ0n) is 15.6. The van der Waals surface area contributed by atoms with E-state index in [1.54, 1.807) is 29.6 Å². The van der Waals surface area contributed by atoms with Gasteiger partial charge in [0, 0.05) is 17.0 Å². The minimum Gasteiger partial charge on any atom is -0.497 e. The lowest BCUT2D eigenvalue weighted by molar-refractivity contribution is 0.0942. The number of nitrogens with one attached hydrogen (secondary N) is 2. The van der Waals surface area contributed by atoms with Crippen molar-refractivity contribution in [3.63, 3.8) is 0 Å². The van der Waals surface area contributed by atoms with E-state index in [1.807, 2.05) is 13.0 Å². The van der Waals surface area contributed by atoms with Crippen molar-refractivity contribution in [3.05, 3.63) is 58.5 Å². The number of ether oxygens (including phenoxy) is 2. The standard InChI is InChI=1S/C19H19N3O5S/c1-11-4-5-13(27-11)9-20-18(24)16-10-28-19(21-16)22-17(23)12-6-14(25-2)8-15(7-12)26-3/h4-8,10H,9H2,1-3H3,(H,20,24)(H,21,22,23). The molecule has 0 radical (unpaired) electrons. The first kappa shape index (κ1) is 19.4. The van der Waals surface area contributed by atoms with E-state index < -0.39 is 0 Å². The van der Waals surface area contributed by atoms with Crippen LogP contribution in [-0.2, 0) is 6.54 Å². The van der Waals surface area contributed by atoms with Crippen molar-refractivity contribution in [2.45, 2.75) is 13.5 Å². The number of rotatable bonds is 7. The molecular weight excluding hydrogens is 382 g/mol. The van der Waals surface area contributed by atoms with Crippen molar-refractivity contribution >= 4 is 28.3 Å². The SMILES string of the molecule is COc1cc(OC)cc(C(=O)Nc2nc(C(=O)NCc3ccc(C)o3)cs2)c1. The number of methoxy groups -OCH3 is 2. The summed E-state index contributed by atoms with van der Waals surface area (Å²) in [6, 6.07) is 8.47. The Morgan fingerprint density at radius 2 is 1.82 bits per heavy atom. The minimum absolute atomic E-state index is 0.215. The van der Waals surface area contributed by atoms with Crippen molar-refractivity contribution in [2.75, 3.05) is 19.5 Å². The molecule has 0 saturated carbocycles. The van der Waals surface area contributed by atoms with Gasteiger partial charge in [-0.3, -0.25) is 14.9 Å². The highest BCUT2D eigenvalue weighted by atomic mass is 32.1. The Morgan fingerprint density at radius 1 is 1.11 bits per heavy atom. The van der Waals surface area contributed by atoms with E-state index in [9.17, 15) is 9.59 Å². The van der Waals surface area contributed by atoms with Gasteiger partial charge in [0.05, 0.1) is 20.8 Å². The predicted octanol–water partition coefficient (Wildman–Crippen LogP) is 3.24. The summed E-state index contributed by atoms with van der Waals surface area (Å²) in [6.07, 6.45) is 0. The Morgan fingerprint density at radius 3 is 2.43 bits per heavy atom. The molecule has 8 nitrogen and oxygen atoms in total. The fraction of sp³-hybridized carbons (Fsp3) is 0.211. The van der Waals surface area contributed by atoms with Crippen LogP contribution >= 0.6 is 11.3 Å². The molecule has 0 aliphatic rings. The third-order valence-electron chi connectivity index (χ3n) is 3.79. The molecule has 9 heteroatoms. The molecule has 0 atom stereocenters. The Kier molecular flexibility index (Phi) is 5.95. The summed E-state index contributed by atoms with van der Waals surface area (Å²) in [4.78, 5) is 28.8. The molecule has 3 rings (SSSR count). The van der Waals surface area contributed by atoms with Crippen molar-refractivity contribution in [1.29, 1.82) is 0 Å². The van der Waals surface area contributed by atoms with Crippen molar-refractivity contribution in [1.82, 2.24) is 10.3 Å². The topological polar surface area (TPSA) is 103 Å². The third kappa shape index (κ3) is 4.68. The molecule has 0 fully saturated rings. The normalized spacial score (nSPS) is 10.4. The van der Waals surface area contributed by atoms with E-state index >= 15 is 0 Å². The smallest absolute Gasteiger partial charge is 0.271 e. The van der Waals surface area contributed by atoms with Crippen LogP contribution in [-0.4, -0.2) is 31.0 Å². The number of furan rings is 1. The molecule has 1 aromatic carbocycles. The quantitative estimate of drug-likeness (QED) is 0.630. The second-order valence-electron chi connectivity index (χ2n) is 5.79. The maximum Gasteiger partial charge on any atom is 0.271 e. The lowest BCUT2D eigenvalue weighted by Crippen LogP contribution is -2.23. The second kappa shape index (κ2) is 8.57. The van der Waals surface area contributed by atoms with E-state index in [-0.39, 0.29) is 24.1 Å². The first-order valence-corrected chi connectivity index (χ1v) is 9.20. The van der Waals surface area contributed by atoms with Gasteiger partial charge in [-0.05, 0) is 31.2 Å². The molecule has 0 bridgehead atoms. The Balaban J connectivity index is 1.63. The van der Waals surface area contributed by atoms with Crippen LogP contribution < -0.4 is 20.1 Å². The summed E-state index contributed by atoms with van der Waals surface area (Å²) in [7, 11) is 3.01. The summed E-state index contributed by atoms with van der Waals surface area (Å²) < 4.78 is 15.7. The van der Waals surface area contributed by atoms with Crippen LogP contribution in [0.15, 0.2) is 40.1 Å². The highest BCUT2D eigenvalue weighted by molar-refractivity contribution is 7.14. The summed E-state index contributed by atoms with van der Waals surface area (Å²) in [6.45, 7) is 2.09. The molecule has 0 aliphatic heterocycles. The number of carbonyl (C=O) groups is 2. The van der Waals surface area contributed by atoms with Crippen molar-refractivity contribution in [2.24, 2.45) is 0 Å². The molecule has 0 unspecified atom stereocenters. The van der Waals surface area contributed by atoms with E-state index in [1.165, 1.54) is 14.2 Å². The molecule has 2 heterocycles. The molecule has 0 aliphatic carbocycles. The monoisotopic (exact) mass is 401 g/mol. The summed E-state index contributed by atoms with van der Waals surface area (Å²) >= 11 is 1.16. The maximum absolute atomic E-state index is 12.5. The summed E-state index contributed by atoms with van der Waals surface area (Å²) in [5, 5.41) is 7.28. The average Bonchev–Trinajstić information content (AvgIpc) is 3.34. The van der Waals surface area contributed by atoms with Crippen LogP contribution in [0.1, 0.15) is 32.4 Å². The number of aromatic nitrogens is 1. The van der Waals surface area contributed by atoms with Gasteiger partial charge in [-0.15, -0.1) is 11.3 Å². The molecule has 0 saturated heterocycles. The zero-order valence-corrected chi connectivity index (χ0v) is 16.4. The second-order valence-corrected chi connectivity index (χ2v) is 6.65. The van der Waals surface area contributed by atoms with Gasteiger partial charge in [-0.2, -0.15) is 0 Å². The molecule has 28 heavy (non-hydrogen) atoms. The van der Waals surface area contributed by atoms with Crippen LogP contribution in [0.25, 0.3) is 0 Å². The third-order valence-corrected chi connectivity index (χ3v) is 4.55. The van der Waals surface area contributed by atoms with Crippen LogP contribution in [0.5, 0.6) is 11.5 Å². The number of amides is 2. The number of carbonyl (C=O) groups excluding carboxylic acids is 2. The van der Waals surface area contributed by atoms with Gasteiger partial charge < -0.3 is 19.2 Å². The average molecular weight is 401 g/mol.